The second-order valence-electron chi connectivity index (χ2n) is 7.35. The van der Waals surface area contributed by atoms with Crippen LogP contribution >= 0.6 is 0 Å². The maximum Gasteiger partial charge on any atom is 0.270 e. The molecule has 0 bridgehead atoms. The molecule has 1 aliphatic carbocycles. The first kappa shape index (κ1) is 14.2. The van der Waals surface area contributed by atoms with Gasteiger partial charge in [0, 0.05) is 38.6 Å². The predicted molar refractivity (Wildman–Crippen MR) is 90.5 cm³/mol. The number of hydrogen-bond donors (Lipinski definition) is 0. The Hall–Kier alpha value is -2.14. The van der Waals surface area contributed by atoms with Gasteiger partial charge in [-0.25, -0.2) is 0 Å². The molecule has 2 aromatic rings. The maximum absolute atomic E-state index is 12.9. The van der Waals surface area contributed by atoms with Crippen molar-refractivity contribution in [3.8, 4) is 0 Å². The molecule has 0 unspecified atom stereocenters. The fourth-order valence-corrected chi connectivity index (χ4v) is 4.24. The van der Waals surface area contributed by atoms with E-state index < -0.39 is 0 Å². The fourth-order valence-electron chi connectivity index (χ4n) is 4.24. The summed E-state index contributed by atoms with van der Waals surface area (Å²) >= 11 is 0. The van der Waals surface area contributed by atoms with Gasteiger partial charge >= 0.3 is 0 Å². The van der Waals surface area contributed by atoms with Crippen LogP contribution in [0.5, 0.6) is 0 Å². The molecule has 5 rings (SSSR count). The molecule has 1 saturated heterocycles. The van der Waals surface area contributed by atoms with E-state index in [4.69, 9.17) is 0 Å². The summed E-state index contributed by atoms with van der Waals surface area (Å²) in [7, 11) is 0. The van der Waals surface area contributed by atoms with Gasteiger partial charge in [0.2, 0.25) is 0 Å². The summed E-state index contributed by atoms with van der Waals surface area (Å²) in [4.78, 5) is 22.0. The maximum atomic E-state index is 12.9. The molecule has 2 aliphatic heterocycles. The molecule has 5 heteroatoms. The van der Waals surface area contributed by atoms with Crippen molar-refractivity contribution >= 4 is 5.91 Å². The second kappa shape index (κ2) is 5.45. The molecule has 2 aromatic heterocycles. The minimum Gasteiger partial charge on any atom is -0.337 e. The number of amides is 1. The summed E-state index contributed by atoms with van der Waals surface area (Å²) in [6, 6.07) is 10.7. The SMILES string of the molecule is O=C1c2cccn2[C@@H]2CN(Cc3ccccn3)C[C@H]2N1CC1CC1. The Morgan fingerprint density at radius 1 is 1.08 bits per heavy atom. The first-order chi connectivity index (χ1) is 11.8. The zero-order chi connectivity index (χ0) is 16.1. The summed E-state index contributed by atoms with van der Waals surface area (Å²) in [5.41, 5.74) is 1.96. The highest BCUT2D eigenvalue weighted by Gasteiger charge is 2.46. The standard InChI is InChI=1S/C19H22N4O/c24-19-16-5-3-9-22(16)17-12-21(11-15-4-1-2-8-20-15)13-18(17)23(19)10-14-6-7-14/h1-5,8-9,14,17-18H,6-7,10-13H2/t17-,18-/m1/s1. The lowest BCUT2D eigenvalue weighted by Crippen LogP contribution is -2.51. The third kappa shape index (κ3) is 2.35. The van der Waals surface area contributed by atoms with Crippen LogP contribution in [0.25, 0.3) is 0 Å². The molecule has 0 N–H and O–H groups in total. The third-order valence-electron chi connectivity index (χ3n) is 5.61. The molecule has 3 aliphatic rings. The Kier molecular flexibility index (Phi) is 3.23. The summed E-state index contributed by atoms with van der Waals surface area (Å²) < 4.78 is 2.20. The molecule has 124 valence electrons. The summed E-state index contributed by atoms with van der Waals surface area (Å²) in [6.07, 6.45) is 6.48. The Morgan fingerprint density at radius 3 is 2.75 bits per heavy atom. The van der Waals surface area contributed by atoms with Crippen LogP contribution in [0, 0.1) is 5.92 Å². The second-order valence-corrected chi connectivity index (χ2v) is 7.35. The molecule has 2 atom stereocenters. The smallest absolute Gasteiger partial charge is 0.270 e. The largest absolute Gasteiger partial charge is 0.337 e. The van der Waals surface area contributed by atoms with Crippen LogP contribution in [0.4, 0.5) is 0 Å². The number of carbonyl (C=O) groups excluding carboxylic acids is 1. The van der Waals surface area contributed by atoms with Crippen LogP contribution < -0.4 is 0 Å². The van der Waals surface area contributed by atoms with E-state index in [9.17, 15) is 4.79 Å². The number of carbonyl (C=O) groups is 1. The third-order valence-corrected chi connectivity index (χ3v) is 5.61. The normalized spacial score (nSPS) is 26.5. The van der Waals surface area contributed by atoms with Gasteiger partial charge in [0.15, 0.2) is 0 Å². The van der Waals surface area contributed by atoms with Gasteiger partial charge < -0.3 is 9.47 Å². The van der Waals surface area contributed by atoms with Gasteiger partial charge in [-0.05, 0) is 43.0 Å². The van der Waals surface area contributed by atoms with Crippen LogP contribution in [0.1, 0.15) is 35.1 Å². The Morgan fingerprint density at radius 2 is 1.96 bits per heavy atom. The van der Waals surface area contributed by atoms with Crippen molar-refractivity contribution in [2.45, 2.75) is 31.5 Å². The van der Waals surface area contributed by atoms with Crippen molar-refractivity contribution < 1.29 is 4.79 Å². The highest BCUT2D eigenvalue weighted by atomic mass is 16.2. The average molecular weight is 322 g/mol. The predicted octanol–water partition coefficient (Wildman–Crippen LogP) is 2.17. The minimum absolute atomic E-state index is 0.216. The van der Waals surface area contributed by atoms with E-state index in [2.05, 4.69) is 31.6 Å². The van der Waals surface area contributed by atoms with E-state index in [0.29, 0.717) is 12.1 Å². The van der Waals surface area contributed by atoms with Crippen molar-refractivity contribution in [1.82, 2.24) is 19.4 Å². The number of pyridine rings is 1. The minimum atomic E-state index is 0.216. The summed E-state index contributed by atoms with van der Waals surface area (Å²) in [6.45, 7) is 3.72. The van der Waals surface area contributed by atoms with E-state index in [1.807, 2.05) is 30.5 Å². The van der Waals surface area contributed by atoms with Crippen LogP contribution in [0.15, 0.2) is 42.7 Å². The zero-order valence-electron chi connectivity index (χ0n) is 13.7. The molecule has 1 amide bonds. The van der Waals surface area contributed by atoms with Crippen LogP contribution in [0.3, 0.4) is 0 Å². The monoisotopic (exact) mass is 322 g/mol. The Balaban J connectivity index is 1.42. The molecule has 4 heterocycles. The Labute approximate surface area is 141 Å². The van der Waals surface area contributed by atoms with Gasteiger partial charge in [-0.3, -0.25) is 14.7 Å². The lowest BCUT2D eigenvalue weighted by Gasteiger charge is -2.38. The number of rotatable bonds is 4. The van der Waals surface area contributed by atoms with E-state index in [1.54, 1.807) is 0 Å². The first-order valence-electron chi connectivity index (χ1n) is 8.89. The van der Waals surface area contributed by atoms with Gasteiger partial charge in [0.1, 0.15) is 5.69 Å². The lowest BCUT2D eigenvalue weighted by molar-refractivity contribution is 0.0565. The van der Waals surface area contributed by atoms with Crippen molar-refractivity contribution in [3.05, 3.63) is 54.1 Å². The molecule has 24 heavy (non-hydrogen) atoms. The number of fused-ring (bicyclic) bond motifs is 3. The molecule has 0 radical (unpaired) electrons. The van der Waals surface area contributed by atoms with E-state index in [0.717, 1.165) is 43.5 Å². The van der Waals surface area contributed by atoms with Crippen molar-refractivity contribution in [1.29, 1.82) is 0 Å². The Bertz CT molecular complexity index is 752. The summed E-state index contributed by atoms with van der Waals surface area (Å²) in [5.74, 6) is 0.939. The van der Waals surface area contributed by atoms with Gasteiger partial charge in [-0.1, -0.05) is 6.07 Å². The van der Waals surface area contributed by atoms with Crippen LogP contribution in [-0.4, -0.2) is 50.9 Å². The highest BCUT2D eigenvalue weighted by molar-refractivity contribution is 5.94. The first-order valence-corrected chi connectivity index (χ1v) is 8.89. The number of likely N-dealkylation sites (tertiary alicyclic amines) is 1. The van der Waals surface area contributed by atoms with Crippen molar-refractivity contribution in [3.63, 3.8) is 0 Å². The van der Waals surface area contributed by atoms with Gasteiger partial charge in [-0.2, -0.15) is 0 Å². The fraction of sp³-hybridized carbons (Fsp3) is 0.474. The zero-order valence-corrected chi connectivity index (χ0v) is 13.7. The molecule has 0 aromatic carbocycles. The number of hydrogen-bond acceptors (Lipinski definition) is 3. The lowest BCUT2D eigenvalue weighted by atomic mass is 10.1. The molecular weight excluding hydrogens is 300 g/mol. The van der Waals surface area contributed by atoms with E-state index >= 15 is 0 Å². The number of nitrogens with zero attached hydrogens (tertiary/aromatic N) is 4. The molecule has 2 fully saturated rings. The van der Waals surface area contributed by atoms with Crippen molar-refractivity contribution in [2.75, 3.05) is 19.6 Å². The van der Waals surface area contributed by atoms with Gasteiger partial charge in [0.25, 0.3) is 5.91 Å². The quantitative estimate of drug-likeness (QED) is 0.866. The average Bonchev–Trinajstić information content (AvgIpc) is 3.11. The van der Waals surface area contributed by atoms with E-state index in [1.165, 1.54) is 12.8 Å². The molecule has 5 nitrogen and oxygen atoms in total. The summed E-state index contributed by atoms with van der Waals surface area (Å²) in [5, 5.41) is 0. The molecular formula is C19H22N4O. The van der Waals surface area contributed by atoms with Gasteiger partial charge in [0.05, 0.1) is 17.8 Å². The molecule has 0 spiro atoms. The number of aromatic nitrogens is 2. The van der Waals surface area contributed by atoms with Gasteiger partial charge in [-0.15, -0.1) is 0 Å². The topological polar surface area (TPSA) is 41.4 Å². The van der Waals surface area contributed by atoms with Crippen LogP contribution in [-0.2, 0) is 6.54 Å². The van der Waals surface area contributed by atoms with Crippen LogP contribution in [0.2, 0.25) is 0 Å². The van der Waals surface area contributed by atoms with E-state index in [-0.39, 0.29) is 5.91 Å². The molecule has 1 saturated carbocycles. The highest BCUT2D eigenvalue weighted by Crippen LogP contribution is 2.38. The van der Waals surface area contributed by atoms with Crippen molar-refractivity contribution in [2.24, 2.45) is 5.92 Å².